The minimum Gasteiger partial charge on any atom is -0.478 e. The maximum Gasteiger partial charge on any atom is 0.336 e. The van der Waals surface area contributed by atoms with Crippen molar-refractivity contribution in [1.29, 1.82) is 0 Å². The lowest BCUT2D eigenvalue weighted by molar-refractivity contribution is -0.115. The lowest BCUT2D eigenvalue weighted by atomic mass is 9.93. The molecule has 200 valence electrons. The summed E-state index contributed by atoms with van der Waals surface area (Å²) in [5.41, 5.74) is 4.67. The number of anilines is 1. The van der Waals surface area contributed by atoms with Gasteiger partial charge < -0.3 is 15.3 Å². The maximum atomic E-state index is 11.8. The molecule has 2 saturated heterocycles. The van der Waals surface area contributed by atoms with E-state index in [4.69, 9.17) is 0 Å². The third-order valence-electron chi connectivity index (χ3n) is 6.94. The first-order chi connectivity index (χ1) is 18.9. The Morgan fingerprint density at radius 2 is 1.95 bits per heavy atom. The van der Waals surface area contributed by atoms with E-state index in [9.17, 15) is 19.5 Å². The van der Waals surface area contributed by atoms with Crippen molar-refractivity contribution in [1.82, 2.24) is 20.6 Å². The predicted molar refractivity (Wildman–Crippen MR) is 151 cm³/mol. The molecular formula is C29H29N5O4S. The van der Waals surface area contributed by atoms with E-state index >= 15 is 0 Å². The Hall–Kier alpha value is -4.02. The Morgan fingerprint density at radius 1 is 1.15 bits per heavy atom. The molecule has 2 fully saturated rings. The SMILES string of the molecule is Cc1ccc(C(=O)O)c(-c2ccccc2CNCC2CCN(c3nccc(/C=C4\SC(=O)NC4=O)n3)CC2)c1. The third-order valence-corrected chi connectivity index (χ3v) is 7.75. The number of imide groups is 1. The summed E-state index contributed by atoms with van der Waals surface area (Å²) in [6.45, 7) is 5.12. The third kappa shape index (κ3) is 6.35. The molecule has 3 heterocycles. The molecule has 0 radical (unpaired) electrons. The first-order valence-corrected chi connectivity index (χ1v) is 13.6. The number of thioether (sulfide) groups is 1. The van der Waals surface area contributed by atoms with E-state index in [-0.39, 0.29) is 5.24 Å². The first-order valence-electron chi connectivity index (χ1n) is 12.8. The molecule has 0 aliphatic carbocycles. The van der Waals surface area contributed by atoms with Crippen LogP contribution in [0.15, 0.2) is 59.6 Å². The van der Waals surface area contributed by atoms with E-state index in [2.05, 4.69) is 25.5 Å². The smallest absolute Gasteiger partial charge is 0.336 e. The van der Waals surface area contributed by atoms with Gasteiger partial charge in [0.05, 0.1) is 16.2 Å². The molecule has 3 N–H and O–H groups in total. The number of hydrogen-bond donors (Lipinski definition) is 3. The lowest BCUT2D eigenvalue weighted by Gasteiger charge is -2.32. The number of aryl methyl sites for hydroxylation is 1. The second-order valence-electron chi connectivity index (χ2n) is 9.71. The van der Waals surface area contributed by atoms with Crippen molar-refractivity contribution in [2.75, 3.05) is 24.5 Å². The van der Waals surface area contributed by atoms with E-state index in [1.54, 1.807) is 24.4 Å². The van der Waals surface area contributed by atoms with Crippen molar-refractivity contribution < 1.29 is 19.5 Å². The Labute approximate surface area is 230 Å². The number of nitrogens with one attached hydrogen (secondary N) is 2. The number of rotatable bonds is 8. The van der Waals surface area contributed by atoms with E-state index < -0.39 is 11.9 Å². The summed E-state index contributed by atoms with van der Waals surface area (Å²) < 4.78 is 0. The molecule has 0 spiro atoms. The Kier molecular flexibility index (Phi) is 8.04. The van der Waals surface area contributed by atoms with Crippen molar-refractivity contribution in [2.45, 2.75) is 26.3 Å². The van der Waals surface area contributed by atoms with Crippen LogP contribution in [0.25, 0.3) is 17.2 Å². The number of nitrogens with zero attached hydrogens (tertiary/aromatic N) is 3. The van der Waals surface area contributed by atoms with Gasteiger partial charge in [0.1, 0.15) is 0 Å². The summed E-state index contributed by atoms with van der Waals surface area (Å²) in [6.07, 6.45) is 5.25. The minimum absolute atomic E-state index is 0.307. The predicted octanol–water partition coefficient (Wildman–Crippen LogP) is 4.48. The van der Waals surface area contributed by atoms with Crippen molar-refractivity contribution in [3.05, 3.63) is 82.0 Å². The number of carbonyl (C=O) groups is 3. The summed E-state index contributed by atoms with van der Waals surface area (Å²) >= 11 is 0.873. The van der Waals surface area contributed by atoms with Crippen molar-refractivity contribution >= 4 is 40.9 Å². The number of carbonyl (C=O) groups excluding carboxylic acids is 2. The first kappa shape index (κ1) is 26.6. The molecule has 0 saturated carbocycles. The van der Waals surface area contributed by atoms with Crippen LogP contribution < -0.4 is 15.5 Å². The standard InChI is InChI=1S/C29H29N5O4S/c1-18-6-7-23(27(36)37)24(14-18)22-5-3-2-4-20(22)17-30-16-19-9-12-34(13-10-19)28-31-11-8-21(32-28)15-25-26(35)33-29(38)39-25/h2-8,11,14-15,19,30H,9-10,12-13,16-17H2,1H3,(H,36,37)(H,33,35,38)/b25-15-. The second-order valence-corrected chi connectivity index (χ2v) is 10.7. The van der Waals surface area contributed by atoms with Gasteiger partial charge in [-0.05, 0) is 78.9 Å². The van der Waals surface area contributed by atoms with Crippen molar-refractivity contribution in [3.63, 3.8) is 0 Å². The monoisotopic (exact) mass is 543 g/mol. The van der Waals surface area contributed by atoms with E-state index in [1.165, 1.54) is 0 Å². The van der Waals surface area contributed by atoms with Crippen LogP contribution in [0.5, 0.6) is 0 Å². The molecule has 0 bridgehead atoms. The molecule has 1 aromatic heterocycles. The largest absolute Gasteiger partial charge is 0.478 e. The van der Waals surface area contributed by atoms with Crippen LogP contribution in [0.2, 0.25) is 0 Å². The van der Waals surface area contributed by atoms with Gasteiger partial charge in [-0.1, -0.05) is 42.0 Å². The number of carboxylic acids is 1. The molecule has 0 atom stereocenters. The quantitative estimate of drug-likeness (QED) is 0.353. The van der Waals surface area contributed by atoms with Crippen LogP contribution in [0.4, 0.5) is 10.7 Å². The van der Waals surface area contributed by atoms with Crippen LogP contribution in [-0.4, -0.2) is 51.8 Å². The summed E-state index contributed by atoms with van der Waals surface area (Å²) in [5.74, 6) is -0.213. The molecule has 3 aromatic rings. The molecule has 10 heteroatoms. The fourth-order valence-corrected chi connectivity index (χ4v) is 5.57. The van der Waals surface area contributed by atoms with Gasteiger partial charge in [-0.3, -0.25) is 14.9 Å². The summed E-state index contributed by atoms with van der Waals surface area (Å²) in [6, 6.07) is 15.1. The zero-order chi connectivity index (χ0) is 27.4. The average Bonchev–Trinajstić information content (AvgIpc) is 3.25. The highest BCUT2D eigenvalue weighted by atomic mass is 32.2. The highest BCUT2D eigenvalue weighted by Crippen LogP contribution is 2.29. The van der Waals surface area contributed by atoms with E-state index in [0.717, 1.165) is 66.5 Å². The maximum absolute atomic E-state index is 11.8. The molecular weight excluding hydrogens is 514 g/mol. The Balaban J connectivity index is 1.17. The number of aromatic carboxylic acids is 1. The Morgan fingerprint density at radius 3 is 2.69 bits per heavy atom. The topological polar surface area (TPSA) is 125 Å². The highest BCUT2D eigenvalue weighted by Gasteiger charge is 2.26. The number of benzene rings is 2. The number of carboxylic acid groups (broad SMARTS) is 1. The van der Waals surface area contributed by atoms with Crippen molar-refractivity contribution in [3.8, 4) is 11.1 Å². The molecule has 5 rings (SSSR count). The van der Waals surface area contributed by atoms with Crippen molar-refractivity contribution in [2.24, 2.45) is 5.92 Å². The fraction of sp³-hybridized carbons (Fsp3) is 0.276. The molecule has 2 amide bonds. The average molecular weight is 544 g/mol. The van der Waals surface area contributed by atoms with Crippen LogP contribution >= 0.6 is 11.8 Å². The van der Waals surface area contributed by atoms with Gasteiger partial charge in [0.25, 0.3) is 11.1 Å². The minimum atomic E-state index is -0.927. The lowest BCUT2D eigenvalue weighted by Crippen LogP contribution is -2.38. The number of amides is 2. The molecule has 39 heavy (non-hydrogen) atoms. The summed E-state index contributed by atoms with van der Waals surface area (Å²) in [5, 5.41) is 15.2. The molecule has 2 aromatic carbocycles. The van der Waals surface area contributed by atoms with Gasteiger partial charge >= 0.3 is 5.97 Å². The fourth-order valence-electron chi connectivity index (χ4n) is 4.90. The summed E-state index contributed by atoms with van der Waals surface area (Å²) in [7, 11) is 0. The van der Waals surface area contributed by atoms with E-state index in [1.807, 2.05) is 43.3 Å². The molecule has 9 nitrogen and oxygen atoms in total. The number of piperidine rings is 1. The van der Waals surface area contributed by atoms with Gasteiger partial charge in [0.15, 0.2) is 0 Å². The normalized spacial score (nSPS) is 17.1. The van der Waals surface area contributed by atoms with Crippen LogP contribution in [-0.2, 0) is 11.3 Å². The van der Waals surface area contributed by atoms with E-state index in [0.29, 0.717) is 34.6 Å². The number of aromatic nitrogens is 2. The molecule has 2 aliphatic rings. The highest BCUT2D eigenvalue weighted by molar-refractivity contribution is 8.18. The van der Waals surface area contributed by atoms with Gasteiger partial charge in [0, 0.05) is 25.8 Å². The van der Waals surface area contributed by atoms with Crippen LogP contribution in [0.1, 0.15) is 40.0 Å². The van der Waals surface area contributed by atoms with Gasteiger partial charge in [-0.2, -0.15) is 0 Å². The Bertz CT molecular complexity index is 1450. The molecule has 2 aliphatic heterocycles. The summed E-state index contributed by atoms with van der Waals surface area (Å²) in [4.78, 5) is 46.5. The zero-order valence-corrected chi connectivity index (χ0v) is 22.3. The molecule has 0 unspecified atom stereocenters. The van der Waals surface area contributed by atoms with Gasteiger partial charge in [-0.15, -0.1) is 0 Å². The van der Waals surface area contributed by atoms with Crippen LogP contribution in [0.3, 0.4) is 0 Å². The van der Waals surface area contributed by atoms with Gasteiger partial charge in [0.2, 0.25) is 5.95 Å². The zero-order valence-electron chi connectivity index (χ0n) is 21.5. The number of hydrogen-bond acceptors (Lipinski definition) is 8. The van der Waals surface area contributed by atoms with Gasteiger partial charge in [-0.25, -0.2) is 14.8 Å². The van der Waals surface area contributed by atoms with Crippen LogP contribution in [0, 0.1) is 12.8 Å². The second kappa shape index (κ2) is 11.8.